The van der Waals surface area contributed by atoms with Crippen LogP contribution in [-0.2, 0) is 30.5 Å². The molecule has 1 unspecified atom stereocenters. The number of benzene rings is 1. The summed E-state index contributed by atoms with van der Waals surface area (Å²) in [6.07, 6.45) is -0.319. The Hall–Kier alpha value is -2.65. The maximum Gasteiger partial charge on any atom is 0.325 e. The third-order valence-electron chi connectivity index (χ3n) is 4.04. The summed E-state index contributed by atoms with van der Waals surface area (Å²) in [5, 5.41) is 0. The fourth-order valence-electron chi connectivity index (χ4n) is 2.74. The fourth-order valence-corrected chi connectivity index (χ4v) is 2.74. The summed E-state index contributed by atoms with van der Waals surface area (Å²) >= 11 is 0. The van der Waals surface area contributed by atoms with Gasteiger partial charge in [-0.05, 0) is 5.56 Å². The van der Waals surface area contributed by atoms with Gasteiger partial charge in [0.05, 0.1) is 13.0 Å². The molecule has 1 aromatic rings. The third-order valence-corrected chi connectivity index (χ3v) is 4.04. The van der Waals surface area contributed by atoms with Crippen molar-refractivity contribution in [2.75, 3.05) is 26.2 Å². The van der Waals surface area contributed by atoms with Gasteiger partial charge in [-0.25, -0.2) is 0 Å². The van der Waals surface area contributed by atoms with Crippen molar-refractivity contribution >= 4 is 36.1 Å². The second-order valence-corrected chi connectivity index (χ2v) is 5.88. The molecule has 0 radical (unpaired) electrons. The molecular weight excluding hydrogens is 376 g/mol. The Labute approximate surface area is 163 Å². The van der Waals surface area contributed by atoms with Crippen LogP contribution >= 0.6 is 12.4 Å². The average Bonchev–Trinajstić information content (AvgIpc) is 2.63. The zero-order valence-electron chi connectivity index (χ0n) is 14.7. The molecule has 0 saturated carbocycles. The van der Waals surface area contributed by atoms with Crippen LogP contribution in [0.2, 0.25) is 0 Å². The molecule has 1 aromatic carbocycles. The lowest BCUT2D eigenvalue weighted by Gasteiger charge is -2.39. The third kappa shape index (κ3) is 6.22. The number of halogens is 1. The number of rotatable bonds is 7. The highest BCUT2D eigenvalue weighted by Crippen LogP contribution is 2.15. The van der Waals surface area contributed by atoms with Gasteiger partial charge >= 0.3 is 5.97 Å². The van der Waals surface area contributed by atoms with Gasteiger partial charge in [0.2, 0.25) is 17.7 Å². The Morgan fingerprint density at radius 3 is 2.41 bits per heavy atom. The first-order valence-electron chi connectivity index (χ1n) is 8.18. The standard InChI is InChI=1S/C17H22N4O5.ClH/c18-9-15(23)21-7-6-20(17(25)13(21)8-14(19)22)10-16(24)26-11-12-4-2-1-3-5-12;/h1-5,13H,6-11,18H2,(H2,19,22);1H. The highest BCUT2D eigenvalue weighted by Gasteiger charge is 2.38. The maximum atomic E-state index is 12.6. The number of nitrogens with zero attached hydrogens (tertiary/aromatic N) is 2. The van der Waals surface area contributed by atoms with Crippen molar-refractivity contribution in [1.29, 1.82) is 0 Å². The van der Waals surface area contributed by atoms with Crippen molar-refractivity contribution in [3.63, 3.8) is 0 Å². The molecule has 27 heavy (non-hydrogen) atoms. The maximum absolute atomic E-state index is 12.6. The van der Waals surface area contributed by atoms with E-state index in [0.717, 1.165) is 5.56 Å². The van der Waals surface area contributed by atoms with E-state index in [1.165, 1.54) is 9.80 Å². The van der Waals surface area contributed by atoms with Gasteiger partial charge in [0.15, 0.2) is 0 Å². The van der Waals surface area contributed by atoms with Crippen molar-refractivity contribution in [2.24, 2.45) is 11.5 Å². The normalized spacial score (nSPS) is 16.5. The van der Waals surface area contributed by atoms with Gasteiger partial charge in [0, 0.05) is 13.1 Å². The van der Waals surface area contributed by atoms with Gasteiger partial charge in [-0.2, -0.15) is 0 Å². The monoisotopic (exact) mass is 398 g/mol. The van der Waals surface area contributed by atoms with E-state index < -0.39 is 29.7 Å². The molecule has 0 spiro atoms. The minimum atomic E-state index is -1.04. The molecule has 1 heterocycles. The summed E-state index contributed by atoms with van der Waals surface area (Å²) in [4.78, 5) is 50.2. The number of carbonyl (C=O) groups excluding carboxylic acids is 4. The summed E-state index contributed by atoms with van der Waals surface area (Å²) in [5.74, 6) is -2.25. The number of esters is 1. The molecule has 1 saturated heterocycles. The van der Waals surface area contributed by atoms with E-state index in [0.29, 0.717) is 0 Å². The molecule has 148 valence electrons. The number of amides is 3. The Morgan fingerprint density at radius 1 is 1.15 bits per heavy atom. The van der Waals surface area contributed by atoms with E-state index in [2.05, 4.69) is 0 Å². The number of nitrogens with two attached hydrogens (primary N) is 2. The molecule has 0 aromatic heterocycles. The van der Waals surface area contributed by atoms with Crippen LogP contribution < -0.4 is 11.5 Å². The highest BCUT2D eigenvalue weighted by atomic mass is 35.5. The predicted molar refractivity (Wildman–Crippen MR) is 98.4 cm³/mol. The van der Waals surface area contributed by atoms with Gasteiger partial charge < -0.3 is 26.0 Å². The lowest BCUT2D eigenvalue weighted by molar-refractivity contribution is -0.158. The van der Waals surface area contributed by atoms with Gasteiger partial charge in [-0.3, -0.25) is 19.2 Å². The summed E-state index contributed by atoms with van der Waals surface area (Å²) in [6.45, 7) is -0.108. The molecule has 2 rings (SSSR count). The van der Waals surface area contributed by atoms with Crippen LogP contribution in [0.3, 0.4) is 0 Å². The molecule has 3 amide bonds. The molecule has 0 aliphatic carbocycles. The number of piperazine rings is 1. The van der Waals surface area contributed by atoms with Crippen LogP contribution in [0, 0.1) is 0 Å². The number of hydrogen-bond donors (Lipinski definition) is 2. The lowest BCUT2D eigenvalue weighted by atomic mass is 10.1. The van der Waals surface area contributed by atoms with Gasteiger partial charge in [-0.15, -0.1) is 12.4 Å². The quantitative estimate of drug-likeness (QED) is 0.567. The van der Waals surface area contributed by atoms with E-state index in [4.69, 9.17) is 16.2 Å². The smallest absolute Gasteiger partial charge is 0.325 e. The van der Waals surface area contributed by atoms with E-state index in [9.17, 15) is 19.2 Å². The second kappa shape index (κ2) is 10.5. The summed E-state index contributed by atoms with van der Waals surface area (Å²) in [5.41, 5.74) is 11.4. The largest absolute Gasteiger partial charge is 0.459 e. The van der Waals surface area contributed by atoms with Gasteiger partial charge in [0.25, 0.3) is 0 Å². The van der Waals surface area contributed by atoms with Crippen molar-refractivity contribution in [3.05, 3.63) is 35.9 Å². The fraction of sp³-hybridized carbons (Fsp3) is 0.412. The van der Waals surface area contributed by atoms with Crippen molar-refractivity contribution in [2.45, 2.75) is 19.1 Å². The molecule has 1 aliphatic heterocycles. The van der Waals surface area contributed by atoms with Crippen LogP contribution in [0.15, 0.2) is 30.3 Å². The van der Waals surface area contributed by atoms with E-state index in [1.54, 1.807) is 0 Å². The molecule has 0 bridgehead atoms. The molecule has 10 heteroatoms. The molecule has 1 aliphatic rings. The van der Waals surface area contributed by atoms with Crippen molar-refractivity contribution in [1.82, 2.24) is 9.80 Å². The Kier molecular flexibility index (Phi) is 8.70. The Balaban J connectivity index is 0.00000364. The highest BCUT2D eigenvalue weighted by molar-refractivity contribution is 5.94. The van der Waals surface area contributed by atoms with Gasteiger partial charge in [-0.1, -0.05) is 30.3 Å². The Bertz CT molecular complexity index is 685. The zero-order chi connectivity index (χ0) is 19.1. The van der Waals surface area contributed by atoms with Crippen LogP contribution in [0.5, 0.6) is 0 Å². The SMILES string of the molecule is Cl.NCC(=O)N1CCN(CC(=O)OCc2ccccc2)C(=O)C1CC(N)=O. The summed E-state index contributed by atoms with van der Waals surface area (Å²) < 4.78 is 5.17. The van der Waals surface area contributed by atoms with Crippen molar-refractivity contribution in [3.8, 4) is 0 Å². The number of primary amides is 1. The molecular formula is C17H23ClN4O5. The van der Waals surface area contributed by atoms with Crippen molar-refractivity contribution < 1.29 is 23.9 Å². The number of hydrogen-bond acceptors (Lipinski definition) is 6. The first-order valence-corrected chi connectivity index (χ1v) is 8.18. The second-order valence-electron chi connectivity index (χ2n) is 5.88. The molecule has 9 nitrogen and oxygen atoms in total. The van der Waals surface area contributed by atoms with Crippen LogP contribution in [-0.4, -0.2) is 65.7 Å². The number of carbonyl (C=O) groups is 4. The minimum Gasteiger partial charge on any atom is -0.459 e. The topological polar surface area (TPSA) is 136 Å². The molecule has 1 atom stereocenters. The van der Waals surface area contributed by atoms with Crippen LogP contribution in [0.25, 0.3) is 0 Å². The zero-order valence-corrected chi connectivity index (χ0v) is 15.5. The lowest BCUT2D eigenvalue weighted by Crippen LogP contribution is -2.61. The van der Waals surface area contributed by atoms with E-state index in [-0.39, 0.29) is 51.6 Å². The van der Waals surface area contributed by atoms with E-state index in [1.807, 2.05) is 30.3 Å². The average molecular weight is 399 g/mol. The Morgan fingerprint density at radius 2 is 1.81 bits per heavy atom. The van der Waals surface area contributed by atoms with Crippen LogP contribution in [0.4, 0.5) is 0 Å². The molecule has 4 N–H and O–H groups in total. The molecule has 1 fully saturated rings. The predicted octanol–water partition coefficient (Wildman–Crippen LogP) is -0.975. The van der Waals surface area contributed by atoms with E-state index >= 15 is 0 Å². The summed E-state index contributed by atoms with van der Waals surface area (Å²) in [7, 11) is 0. The van der Waals surface area contributed by atoms with Crippen LogP contribution in [0.1, 0.15) is 12.0 Å². The first kappa shape index (κ1) is 22.4. The first-order chi connectivity index (χ1) is 12.4. The minimum absolute atomic E-state index is 0. The van der Waals surface area contributed by atoms with Gasteiger partial charge in [0.1, 0.15) is 19.2 Å². The number of ether oxygens (including phenoxy) is 1. The summed E-state index contributed by atoms with van der Waals surface area (Å²) in [6, 6.07) is 8.10.